The van der Waals surface area contributed by atoms with E-state index in [0.717, 1.165) is 37.1 Å². The van der Waals surface area contributed by atoms with Crippen LogP contribution in [0, 0.1) is 11.7 Å². The van der Waals surface area contributed by atoms with Gasteiger partial charge in [-0.05, 0) is 54.6 Å². The molecule has 3 rings (SSSR count). The monoisotopic (exact) mass is 359 g/mol. The topological polar surface area (TPSA) is 41.9 Å². The van der Waals surface area contributed by atoms with E-state index in [1.165, 1.54) is 0 Å². The Bertz CT molecular complexity index is 750. The molecule has 1 aliphatic heterocycles. The zero-order valence-electron chi connectivity index (χ0n) is 15.4. The molecule has 1 aliphatic rings. The lowest BCUT2D eigenvalue weighted by molar-refractivity contribution is 0.115. The molecule has 1 heterocycles. The third kappa shape index (κ3) is 4.17. The first-order valence-electron chi connectivity index (χ1n) is 8.98. The van der Waals surface area contributed by atoms with Gasteiger partial charge < -0.3 is 14.6 Å². The molecule has 0 radical (unpaired) electrons. The molecular weight excluding hydrogens is 333 g/mol. The number of halogens is 1. The summed E-state index contributed by atoms with van der Waals surface area (Å²) in [6.45, 7) is 2.56. The number of nitrogens with zero attached hydrogens (tertiary/aromatic N) is 1. The number of aliphatic hydroxyl groups excluding tert-OH is 1. The summed E-state index contributed by atoms with van der Waals surface area (Å²) < 4.78 is 25.2. The maximum atomic E-state index is 14.7. The summed E-state index contributed by atoms with van der Waals surface area (Å²) in [4.78, 5) is 2.22. The van der Waals surface area contributed by atoms with Gasteiger partial charge in [0.25, 0.3) is 0 Å². The molecule has 2 aromatic rings. The van der Waals surface area contributed by atoms with Crippen molar-refractivity contribution in [3.05, 3.63) is 47.8 Å². The Kier molecular flexibility index (Phi) is 6.12. The summed E-state index contributed by atoms with van der Waals surface area (Å²) in [5.41, 5.74) is 2.37. The molecule has 140 valence electrons. The second kappa shape index (κ2) is 8.52. The first-order valence-corrected chi connectivity index (χ1v) is 8.98. The smallest absolute Gasteiger partial charge is 0.161 e. The fourth-order valence-corrected chi connectivity index (χ4v) is 3.56. The summed E-state index contributed by atoms with van der Waals surface area (Å²) in [5.74, 6) is 1.37. The summed E-state index contributed by atoms with van der Waals surface area (Å²) in [6, 6.07) is 10.9. The van der Waals surface area contributed by atoms with Crippen LogP contribution >= 0.6 is 0 Å². The fourth-order valence-electron chi connectivity index (χ4n) is 3.56. The van der Waals surface area contributed by atoms with E-state index in [9.17, 15) is 9.50 Å². The van der Waals surface area contributed by atoms with Gasteiger partial charge in [-0.25, -0.2) is 4.39 Å². The highest BCUT2D eigenvalue weighted by Gasteiger charge is 2.20. The highest BCUT2D eigenvalue weighted by atomic mass is 19.1. The van der Waals surface area contributed by atoms with E-state index in [1.54, 1.807) is 20.3 Å². The molecule has 0 aromatic heterocycles. The van der Waals surface area contributed by atoms with Crippen LogP contribution in [-0.4, -0.2) is 43.9 Å². The molecule has 1 atom stereocenters. The molecule has 0 bridgehead atoms. The Hall–Kier alpha value is -2.11. The van der Waals surface area contributed by atoms with Crippen molar-refractivity contribution in [2.24, 2.45) is 5.92 Å². The van der Waals surface area contributed by atoms with Gasteiger partial charge in [-0.2, -0.15) is 0 Å². The van der Waals surface area contributed by atoms with Gasteiger partial charge in [0, 0.05) is 25.3 Å². The number of benzene rings is 2. The normalized spacial score (nSPS) is 17.9. The molecule has 0 spiro atoms. The summed E-state index contributed by atoms with van der Waals surface area (Å²) in [5, 5.41) is 9.35. The first kappa shape index (κ1) is 18.7. The van der Waals surface area contributed by atoms with Gasteiger partial charge >= 0.3 is 0 Å². The summed E-state index contributed by atoms with van der Waals surface area (Å²) in [6.07, 6.45) is 2.10. The van der Waals surface area contributed by atoms with Crippen LogP contribution in [0.25, 0.3) is 11.1 Å². The first-order chi connectivity index (χ1) is 12.6. The van der Waals surface area contributed by atoms with E-state index in [4.69, 9.17) is 9.47 Å². The highest BCUT2D eigenvalue weighted by molar-refractivity contribution is 5.67. The van der Waals surface area contributed by atoms with Crippen molar-refractivity contribution in [3.8, 4) is 22.6 Å². The Morgan fingerprint density at radius 3 is 2.50 bits per heavy atom. The molecule has 0 aliphatic carbocycles. The van der Waals surface area contributed by atoms with Gasteiger partial charge in [0.05, 0.1) is 14.2 Å². The van der Waals surface area contributed by atoms with Crippen LogP contribution in [0.3, 0.4) is 0 Å². The Morgan fingerprint density at radius 2 is 1.81 bits per heavy atom. The number of hydrogen-bond donors (Lipinski definition) is 1. The molecule has 1 saturated heterocycles. The number of hydrogen-bond acceptors (Lipinski definition) is 4. The minimum absolute atomic E-state index is 0.205. The second-order valence-electron chi connectivity index (χ2n) is 6.80. The SMILES string of the molecule is COc1ccc(-c2ccc(CN3CCCC(CO)C3)c(F)c2)cc1OC. The number of likely N-dealkylation sites (tertiary alicyclic amines) is 1. The van der Waals surface area contributed by atoms with Gasteiger partial charge in [0.2, 0.25) is 0 Å². The van der Waals surface area contributed by atoms with Crippen molar-refractivity contribution in [3.63, 3.8) is 0 Å². The quantitative estimate of drug-likeness (QED) is 0.854. The largest absolute Gasteiger partial charge is 0.493 e. The number of methoxy groups -OCH3 is 2. The molecule has 1 fully saturated rings. The predicted octanol–water partition coefficient (Wildman–Crippen LogP) is 3.71. The predicted molar refractivity (Wildman–Crippen MR) is 100 cm³/mol. The van der Waals surface area contributed by atoms with Gasteiger partial charge in [-0.1, -0.05) is 18.2 Å². The molecule has 0 saturated carbocycles. The molecule has 1 N–H and O–H groups in total. The number of rotatable bonds is 6. The van der Waals surface area contributed by atoms with Crippen LogP contribution < -0.4 is 9.47 Å². The average Bonchev–Trinajstić information content (AvgIpc) is 2.69. The van der Waals surface area contributed by atoms with Gasteiger partial charge in [0.15, 0.2) is 11.5 Å². The van der Waals surface area contributed by atoms with E-state index in [1.807, 2.05) is 30.3 Å². The zero-order chi connectivity index (χ0) is 18.5. The molecule has 4 nitrogen and oxygen atoms in total. The van der Waals surface area contributed by atoms with Gasteiger partial charge in [-0.15, -0.1) is 0 Å². The molecular formula is C21H26FNO3. The van der Waals surface area contributed by atoms with Crippen molar-refractivity contribution in [1.82, 2.24) is 4.90 Å². The van der Waals surface area contributed by atoms with E-state index in [0.29, 0.717) is 29.5 Å². The van der Waals surface area contributed by atoms with Crippen LogP contribution in [0.1, 0.15) is 18.4 Å². The zero-order valence-corrected chi connectivity index (χ0v) is 15.4. The number of piperidine rings is 1. The lowest BCUT2D eigenvalue weighted by Crippen LogP contribution is -2.36. The van der Waals surface area contributed by atoms with Crippen molar-refractivity contribution in [2.75, 3.05) is 33.9 Å². The highest BCUT2D eigenvalue weighted by Crippen LogP contribution is 2.33. The lowest BCUT2D eigenvalue weighted by atomic mass is 9.98. The van der Waals surface area contributed by atoms with Crippen LogP contribution in [0.5, 0.6) is 11.5 Å². The third-order valence-electron chi connectivity index (χ3n) is 5.03. The lowest BCUT2D eigenvalue weighted by Gasteiger charge is -2.31. The van der Waals surface area contributed by atoms with E-state index < -0.39 is 0 Å². The Morgan fingerprint density at radius 1 is 1.08 bits per heavy atom. The Labute approximate surface area is 154 Å². The van der Waals surface area contributed by atoms with E-state index in [2.05, 4.69) is 4.90 Å². The standard InChI is InChI=1S/C21H26FNO3/c1-25-20-8-7-17(11-21(20)26-2)16-5-6-18(19(22)10-16)13-23-9-3-4-15(12-23)14-24/h5-8,10-11,15,24H,3-4,9,12-14H2,1-2H3. The maximum absolute atomic E-state index is 14.7. The second-order valence-corrected chi connectivity index (χ2v) is 6.80. The number of ether oxygens (including phenoxy) is 2. The van der Waals surface area contributed by atoms with E-state index >= 15 is 0 Å². The molecule has 2 aromatic carbocycles. The van der Waals surface area contributed by atoms with Crippen LogP contribution in [-0.2, 0) is 6.54 Å². The number of aliphatic hydroxyl groups is 1. The maximum Gasteiger partial charge on any atom is 0.161 e. The van der Waals surface area contributed by atoms with Crippen LogP contribution in [0.4, 0.5) is 4.39 Å². The van der Waals surface area contributed by atoms with Crippen molar-refractivity contribution in [1.29, 1.82) is 0 Å². The molecule has 0 amide bonds. The van der Waals surface area contributed by atoms with E-state index in [-0.39, 0.29) is 12.4 Å². The van der Waals surface area contributed by atoms with Gasteiger partial charge in [0.1, 0.15) is 5.82 Å². The molecule has 1 unspecified atom stereocenters. The van der Waals surface area contributed by atoms with Crippen LogP contribution in [0.2, 0.25) is 0 Å². The summed E-state index contributed by atoms with van der Waals surface area (Å²) >= 11 is 0. The average molecular weight is 359 g/mol. The van der Waals surface area contributed by atoms with Crippen molar-refractivity contribution < 1.29 is 19.0 Å². The minimum Gasteiger partial charge on any atom is -0.493 e. The fraction of sp³-hybridized carbons (Fsp3) is 0.429. The molecule has 5 heteroatoms. The minimum atomic E-state index is -0.205. The third-order valence-corrected chi connectivity index (χ3v) is 5.03. The van der Waals surface area contributed by atoms with Crippen molar-refractivity contribution in [2.45, 2.75) is 19.4 Å². The summed E-state index contributed by atoms with van der Waals surface area (Å²) in [7, 11) is 3.18. The van der Waals surface area contributed by atoms with Crippen molar-refractivity contribution >= 4 is 0 Å². The Balaban J connectivity index is 1.77. The van der Waals surface area contributed by atoms with Gasteiger partial charge in [-0.3, -0.25) is 4.90 Å². The molecule has 26 heavy (non-hydrogen) atoms. The van der Waals surface area contributed by atoms with Crippen LogP contribution in [0.15, 0.2) is 36.4 Å².